The minimum atomic E-state index is -0.524. The van der Waals surface area contributed by atoms with E-state index in [-0.39, 0.29) is 11.3 Å². The third-order valence-corrected chi connectivity index (χ3v) is 2.88. The molecule has 2 aromatic carbocycles. The Labute approximate surface area is 128 Å². The molecule has 0 spiro atoms. The number of aromatic hydroxyl groups is 1. The van der Waals surface area contributed by atoms with E-state index in [1.165, 1.54) is 32.6 Å². The average Bonchev–Trinajstić information content (AvgIpc) is 2.55. The molecule has 0 aliphatic carbocycles. The molecule has 0 aliphatic heterocycles. The lowest BCUT2D eigenvalue weighted by Gasteiger charge is -2.12. The Morgan fingerprint density at radius 1 is 1.05 bits per heavy atom. The van der Waals surface area contributed by atoms with Crippen molar-refractivity contribution >= 4 is 11.5 Å². The number of phenols is 1. The molecular weight excluding hydrogens is 284 g/mol. The molecule has 0 unspecified atom stereocenters. The Morgan fingerprint density at radius 3 is 2.36 bits per heavy atom. The van der Waals surface area contributed by atoms with E-state index < -0.39 is 5.97 Å². The molecule has 0 amide bonds. The first-order valence-corrected chi connectivity index (χ1v) is 6.53. The van der Waals surface area contributed by atoms with Crippen LogP contribution in [0.15, 0.2) is 54.8 Å². The van der Waals surface area contributed by atoms with E-state index in [0.717, 1.165) is 0 Å². The molecule has 2 rings (SSSR count). The van der Waals surface area contributed by atoms with Crippen molar-refractivity contribution < 1.29 is 24.1 Å². The molecule has 5 heteroatoms. The molecule has 0 aliphatic rings. The first-order chi connectivity index (χ1) is 10.7. The van der Waals surface area contributed by atoms with E-state index in [4.69, 9.17) is 14.2 Å². The lowest BCUT2D eigenvalue weighted by molar-refractivity contribution is -0.133. The van der Waals surface area contributed by atoms with E-state index in [9.17, 15) is 9.90 Å². The Hall–Kier alpha value is -2.95. The summed E-state index contributed by atoms with van der Waals surface area (Å²) in [6.07, 6.45) is 1.31. The van der Waals surface area contributed by atoms with Crippen molar-refractivity contribution in [3.63, 3.8) is 0 Å². The highest BCUT2D eigenvalue weighted by molar-refractivity contribution is 6.17. The fourth-order valence-corrected chi connectivity index (χ4v) is 1.87. The molecule has 0 saturated carbocycles. The molecule has 0 saturated heterocycles. The van der Waals surface area contributed by atoms with Gasteiger partial charge in [-0.15, -0.1) is 0 Å². The van der Waals surface area contributed by atoms with Gasteiger partial charge in [0, 0.05) is 5.56 Å². The smallest absolute Gasteiger partial charge is 0.341 e. The van der Waals surface area contributed by atoms with Gasteiger partial charge in [-0.1, -0.05) is 18.2 Å². The number of phenolic OH excluding ortho intramolecular Hbond substituents is 1. The number of hydrogen-bond acceptors (Lipinski definition) is 5. The summed E-state index contributed by atoms with van der Waals surface area (Å²) in [6, 6.07) is 13.3. The van der Waals surface area contributed by atoms with Gasteiger partial charge in [-0.25, -0.2) is 4.79 Å². The zero-order valence-corrected chi connectivity index (χ0v) is 12.3. The minimum absolute atomic E-state index is 0.148. The normalized spacial score (nSPS) is 10.9. The molecular formula is C17H16O5. The van der Waals surface area contributed by atoms with Crippen LogP contribution in [-0.2, 0) is 14.3 Å². The van der Waals surface area contributed by atoms with Crippen LogP contribution in [0.4, 0.5) is 0 Å². The summed E-state index contributed by atoms with van der Waals surface area (Å²) in [5, 5.41) is 9.30. The second kappa shape index (κ2) is 7.17. The van der Waals surface area contributed by atoms with E-state index in [1.807, 2.05) is 0 Å². The van der Waals surface area contributed by atoms with Gasteiger partial charge < -0.3 is 19.3 Å². The zero-order chi connectivity index (χ0) is 15.9. The Bertz CT molecular complexity index is 674. The van der Waals surface area contributed by atoms with E-state index >= 15 is 0 Å². The number of ether oxygens (including phenoxy) is 3. The molecule has 0 radical (unpaired) electrons. The van der Waals surface area contributed by atoms with Gasteiger partial charge in [0.15, 0.2) is 0 Å². The number of benzene rings is 2. The predicted molar refractivity (Wildman–Crippen MR) is 81.6 cm³/mol. The summed E-state index contributed by atoms with van der Waals surface area (Å²) in [4.78, 5) is 11.9. The number of methoxy groups -OCH3 is 2. The fraction of sp³-hybridized carbons (Fsp3) is 0.118. The van der Waals surface area contributed by atoms with Gasteiger partial charge in [0.2, 0.25) is 0 Å². The van der Waals surface area contributed by atoms with Crippen molar-refractivity contribution in [2.24, 2.45) is 0 Å². The maximum absolute atomic E-state index is 11.9. The Kier molecular flexibility index (Phi) is 5.03. The SMILES string of the molecule is CO/C=C(\C(=O)OC)c1ccccc1Oc1ccc(O)cc1. The van der Waals surface area contributed by atoms with Crippen molar-refractivity contribution in [2.75, 3.05) is 14.2 Å². The summed E-state index contributed by atoms with van der Waals surface area (Å²) in [6.45, 7) is 0. The van der Waals surface area contributed by atoms with Gasteiger partial charge in [-0.3, -0.25) is 0 Å². The van der Waals surface area contributed by atoms with Crippen LogP contribution in [0.2, 0.25) is 0 Å². The van der Waals surface area contributed by atoms with Gasteiger partial charge in [-0.2, -0.15) is 0 Å². The monoisotopic (exact) mass is 300 g/mol. The van der Waals surface area contributed by atoms with Crippen LogP contribution in [0, 0.1) is 0 Å². The highest BCUT2D eigenvalue weighted by Crippen LogP contribution is 2.31. The number of rotatable bonds is 5. The van der Waals surface area contributed by atoms with Crippen molar-refractivity contribution in [1.82, 2.24) is 0 Å². The number of carbonyl (C=O) groups excluding carboxylic acids is 1. The lowest BCUT2D eigenvalue weighted by atomic mass is 10.1. The van der Waals surface area contributed by atoms with Gasteiger partial charge in [0.1, 0.15) is 22.8 Å². The van der Waals surface area contributed by atoms with Crippen LogP contribution >= 0.6 is 0 Å². The van der Waals surface area contributed by atoms with Crippen LogP contribution < -0.4 is 4.74 Å². The van der Waals surface area contributed by atoms with Crippen molar-refractivity contribution in [2.45, 2.75) is 0 Å². The van der Waals surface area contributed by atoms with E-state index in [0.29, 0.717) is 17.1 Å². The number of esters is 1. The molecule has 0 atom stereocenters. The average molecular weight is 300 g/mol. The summed E-state index contributed by atoms with van der Waals surface area (Å²) >= 11 is 0. The highest BCUT2D eigenvalue weighted by atomic mass is 16.5. The van der Waals surface area contributed by atoms with Gasteiger partial charge in [0.05, 0.1) is 20.5 Å². The number of para-hydroxylation sites is 1. The van der Waals surface area contributed by atoms with Crippen molar-refractivity contribution in [3.8, 4) is 17.2 Å². The largest absolute Gasteiger partial charge is 0.508 e. The predicted octanol–water partition coefficient (Wildman–Crippen LogP) is 3.34. The van der Waals surface area contributed by atoms with Crippen LogP contribution in [0.5, 0.6) is 17.2 Å². The number of hydrogen-bond donors (Lipinski definition) is 1. The van der Waals surface area contributed by atoms with Crippen LogP contribution in [-0.4, -0.2) is 25.3 Å². The summed E-state index contributed by atoms with van der Waals surface area (Å²) in [7, 11) is 2.75. The second-order valence-electron chi connectivity index (χ2n) is 4.35. The highest BCUT2D eigenvalue weighted by Gasteiger charge is 2.17. The van der Waals surface area contributed by atoms with Crippen molar-refractivity contribution in [3.05, 3.63) is 60.4 Å². The molecule has 114 valence electrons. The third kappa shape index (κ3) is 3.58. The Balaban J connectivity index is 2.39. The first-order valence-electron chi connectivity index (χ1n) is 6.53. The molecule has 2 aromatic rings. The quantitative estimate of drug-likeness (QED) is 0.521. The Morgan fingerprint density at radius 2 is 1.73 bits per heavy atom. The van der Waals surface area contributed by atoms with Crippen LogP contribution in [0.1, 0.15) is 5.56 Å². The maximum atomic E-state index is 11.9. The van der Waals surface area contributed by atoms with Gasteiger partial charge in [0.25, 0.3) is 0 Å². The fourth-order valence-electron chi connectivity index (χ4n) is 1.87. The zero-order valence-electron chi connectivity index (χ0n) is 12.3. The lowest BCUT2D eigenvalue weighted by Crippen LogP contribution is -2.05. The van der Waals surface area contributed by atoms with Crippen molar-refractivity contribution in [1.29, 1.82) is 0 Å². The second-order valence-corrected chi connectivity index (χ2v) is 4.35. The van der Waals surface area contributed by atoms with Crippen LogP contribution in [0.25, 0.3) is 5.57 Å². The third-order valence-electron chi connectivity index (χ3n) is 2.88. The first kappa shape index (κ1) is 15.4. The van der Waals surface area contributed by atoms with E-state index in [2.05, 4.69) is 0 Å². The summed E-state index contributed by atoms with van der Waals surface area (Å²) in [5.41, 5.74) is 0.795. The van der Waals surface area contributed by atoms with Gasteiger partial charge in [-0.05, 0) is 30.3 Å². The molecule has 0 aromatic heterocycles. The van der Waals surface area contributed by atoms with E-state index in [1.54, 1.807) is 36.4 Å². The molecule has 0 bridgehead atoms. The molecule has 1 N–H and O–H groups in total. The van der Waals surface area contributed by atoms with Gasteiger partial charge >= 0.3 is 5.97 Å². The summed E-state index contributed by atoms with van der Waals surface area (Å²) in [5.74, 6) is 0.632. The maximum Gasteiger partial charge on any atom is 0.341 e. The molecule has 5 nitrogen and oxygen atoms in total. The molecule has 22 heavy (non-hydrogen) atoms. The standard InChI is InChI=1S/C17H16O5/c1-20-11-15(17(19)21-2)14-5-3-4-6-16(14)22-13-9-7-12(18)8-10-13/h3-11,18H,1-2H3/b15-11-. The molecule has 0 fully saturated rings. The number of carbonyl (C=O) groups is 1. The molecule has 0 heterocycles. The van der Waals surface area contributed by atoms with Crippen LogP contribution in [0.3, 0.4) is 0 Å². The minimum Gasteiger partial charge on any atom is -0.508 e. The summed E-state index contributed by atoms with van der Waals surface area (Å²) < 4.78 is 15.5. The topological polar surface area (TPSA) is 65.0 Å².